The molecule has 1 unspecified atom stereocenters. The van der Waals surface area contributed by atoms with E-state index in [-0.39, 0.29) is 0 Å². The first-order valence-corrected chi connectivity index (χ1v) is 18.0. The number of allylic oxidation sites excluding steroid dienone is 4. The van der Waals surface area contributed by atoms with E-state index in [0.29, 0.717) is 0 Å². The van der Waals surface area contributed by atoms with Gasteiger partial charge in [0.15, 0.2) is 0 Å². The molecule has 224 valence electrons. The van der Waals surface area contributed by atoms with Crippen molar-refractivity contribution in [2.24, 2.45) is 39.9 Å². The number of rotatable bonds is 3. The van der Waals surface area contributed by atoms with E-state index in [2.05, 4.69) is 53.7 Å². The summed E-state index contributed by atoms with van der Waals surface area (Å²) >= 11 is 0. The summed E-state index contributed by atoms with van der Waals surface area (Å²) in [6, 6.07) is 0. The Kier molecular flexibility index (Phi) is 11.4. The molecule has 0 N–H and O–H groups in total. The van der Waals surface area contributed by atoms with Crippen molar-refractivity contribution in [1.29, 1.82) is 0 Å². The lowest BCUT2D eigenvalue weighted by Crippen LogP contribution is -2.26. The molecule has 4 fully saturated rings. The van der Waals surface area contributed by atoms with Gasteiger partial charge in [0.05, 0.1) is 0 Å². The predicted octanol–water partition coefficient (Wildman–Crippen LogP) is 13.0. The van der Waals surface area contributed by atoms with E-state index in [1.54, 1.807) is 36.8 Å². The van der Waals surface area contributed by atoms with E-state index in [0.717, 1.165) is 39.9 Å². The lowest BCUT2D eigenvalue weighted by atomic mass is 9.65. The van der Waals surface area contributed by atoms with E-state index in [4.69, 9.17) is 0 Å². The Morgan fingerprint density at radius 3 is 1.33 bits per heavy atom. The van der Waals surface area contributed by atoms with Crippen LogP contribution in [0.2, 0.25) is 0 Å². The molecule has 0 aliphatic heterocycles. The van der Waals surface area contributed by atoms with Crippen molar-refractivity contribution in [3.8, 4) is 0 Å². The van der Waals surface area contributed by atoms with Crippen molar-refractivity contribution in [3.63, 3.8) is 0 Å². The van der Waals surface area contributed by atoms with Gasteiger partial charge in [0, 0.05) is 0 Å². The second-order valence-corrected chi connectivity index (χ2v) is 16.5. The van der Waals surface area contributed by atoms with Gasteiger partial charge >= 0.3 is 0 Å². The molecule has 39 heavy (non-hydrogen) atoms. The van der Waals surface area contributed by atoms with Gasteiger partial charge in [-0.1, -0.05) is 116 Å². The van der Waals surface area contributed by atoms with Crippen LogP contribution in [0.25, 0.3) is 0 Å². The van der Waals surface area contributed by atoms with Crippen LogP contribution < -0.4 is 0 Å². The maximum Gasteiger partial charge on any atom is -0.0260 e. The molecule has 6 rings (SSSR count). The zero-order valence-electron chi connectivity index (χ0n) is 27.5. The summed E-state index contributed by atoms with van der Waals surface area (Å²) < 4.78 is 0. The molecule has 4 saturated carbocycles. The molecular formula is C39H68. The third kappa shape index (κ3) is 8.98. The Hall–Kier alpha value is -0.520. The van der Waals surface area contributed by atoms with Crippen molar-refractivity contribution in [3.05, 3.63) is 23.3 Å². The summed E-state index contributed by atoms with van der Waals surface area (Å²) in [6.45, 7) is 14.2. The highest BCUT2D eigenvalue weighted by atomic mass is 14.5. The molecular weight excluding hydrogens is 468 g/mol. The monoisotopic (exact) mass is 537 g/mol. The van der Waals surface area contributed by atoms with E-state index in [1.165, 1.54) is 116 Å². The van der Waals surface area contributed by atoms with Gasteiger partial charge < -0.3 is 0 Å². The molecule has 6 aliphatic rings. The first kappa shape index (κ1) is 31.4. The van der Waals surface area contributed by atoms with Gasteiger partial charge in [-0.05, 0) is 130 Å². The first-order valence-electron chi connectivity index (χ1n) is 18.0. The lowest BCUT2D eigenvalue weighted by Gasteiger charge is -2.40. The second kappa shape index (κ2) is 14.1. The van der Waals surface area contributed by atoms with Crippen LogP contribution in [-0.4, -0.2) is 0 Å². The third-order valence-electron chi connectivity index (χ3n) is 12.7. The van der Waals surface area contributed by atoms with Gasteiger partial charge in [0.1, 0.15) is 0 Å². The summed E-state index contributed by atoms with van der Waals surface area (Å²) in [4.78, 5) is 0. The Morgan fingerprint density at radius 1 is 0.513 bits per heavy atom. The highest BCUT2D eigenvalue weighted by molar-refractivity contribution is 5.13. The van der Waals surface area contributed by atoms with Gasteiger partial charge in [-0.15, -0.1) is 0 Å². The maximum atomic E-state index is 2.57. The first-order chi connectivity index (χ1) is 18.7. The zero-order valence-corrected chi connectivity index (χ0v) is 27.5. The van der Waals surface area contributed by atoms with Crippen LogP contribution >= 0.6 is 0 Å². The fourth-order valence-corrected chi connectivity index (χ4v) is 9.17. The molecule has 0 heteroatoms. The van der Waals surface area contributed by atoms with Gasteiger partial charge in [0.2, 0.25) is 0 Å². The van der Waals surface area contributed by atoms with Crippen LogP contribution in [-0.2, 0) is 0 Å². The lowest BCUT2D eigenvalue weighted by molar-refractivity contribution is 0.165. The smallest absolute Gasteiger partial charge is 0.0260 e. The Bertz CT molecular complexity index is 788. The van der Waals surface area contributed by atoms with Crippen molar-refractivity contribution < 1.29 is 0 Å². The highest BCUT2D eigenvalue weighted by Gasteiger charge is 2.44. The average molecular weight is 537 g/mol. The van der Waals surface area contributed by atoms with E-state index >= 15 is 0 Å². The van der Waals surface area contributed by atoms with Crippen LogP contribution in [0.15, 0.2) is 23.3 Å². The molecule has 0 nitrogen and oxygen atoms in total. The minimum atomic E-state index is 0.747. The van der Waals surface area contributed by atoms with Crippen molar-refractivity contribution in [1.82, 2.24) is 0 Å². The van der Waals surface area contributed by atoms with Crippen LogP contribution in [0, 0.1) is 39.9 Å². The molecule has 0 bridgehead atoms. The van der Waals surface area contributed by atoms with Gasteiger partial charge in [-0.3, -0.25) is 0 Å². The molecule has 0 aromatic heterocycles. The minimum Gasteiger partial charge on any atom is -0.0845 e. The molecule has 0 aromatic carbocycles. The second-order valence-electron chi connectivity index (χ2n) is 16.5. The number of hydrogen-bond donors (Lipinski definition) is 0. The predicted molar refractivity (Wildman–Crippen MR) is 173 cm³/mol. The molecule has 3 spiro atoms. The summed E-state index contributed by atoms with van der Waals surface area (Å²) in [5, 5.41) is 0. The molecule has 0 aromatic rings. The molecule has 0 radical (unpaired) electrons. The zero-order chi connectivity index (χ0) is 27.9. The van der Waals surface area contributed by atoms with Crippen LogP contribution in [0.3, 0.4) is 0 Å². The topological polar surface area (TPSA) is 0 Å². The van der Waals surface area contributed by atoms with Crippen molar-refractivity contribution in [2.45, 2.75) is 183 Å². The van der Waals surface area contributed by atoms with E-state index in [9.17, 15) is 0 Å². The molecule has 0 saturated heterocycles. The van der Waals surface area contributed by atoms with Crippen molar-refractivity contribution >= 4 is 0 Å². The SMILES string of the molecule is CC(C)C1=CCC2(CCCC2)CC1.CC(C)C1=CCC2(CCCCC2)CC1.CC(C)C1CCCCC2(CC2)C1. The van der Waals surface area contributed by atoms with Gasteiger partial charge in [-0.25, -0.2) is 0 Å². The van der Waals surface area contributed by atoms with Gasteiger partial charge in [-0.2, -0.15) is 0 Å². The standard InChI is InChI=1S/C14H24.C13H22.C12H22/c1-12(2)13-6-10-14(11-7-13)8-4-3-5-9-14;1-11(2)12-5-9-13(10-6-12)7-3-4-8-13;1-10(2)11-5-3-4-6-12(9-11)7-8-12/h6,12H,3-5,7-11H2,1-2H3;5,11H,3-4,6-10H2,1-2H3;10-11H,3-9H2,1-2H3. The Balaban J connectivity index is 0.000000136. The van der Waals surface area contributed by atoms with Crippen molar-refractivity contribution in [2.75, 3.05) is 0 Å². The van der Waals surface area contributed by atoms with Crippen LogP contribution in [0.1, 0.15) is 183 Å². The largest absolute Gasteiger partial charge is 0.0845 e. The average Bonchev–Trinajstić information content (AvgIpc) is 3.62. The quantitative estimate of drug-likeness (QED) is 0.315. The summed E-state index contributed by atoms with van der Waals surface area (Å²) in [5.74, 6) is 3.56. The van der Waals surface area contributed by atoms with Gasteiger partial charge in [0.25, 0.3) is 0 Å². The number of hydrogen-bond acceptors (Lipinski definition) is 0. The fraction of sp³-hybridized carbons (Fsp3) is 0.897. The van der Waals surface area contributed by atoms with E-state index < -0.39 is 0 Å². The summed E-state index contributed by atoms with van der Waals surface area (Å²) in [5.41, 5.74) is 5.82. The Morgan fingerprint density at radius 2 is 0.949 bits per heavy atom. The summed E-state index contributed by atoms with van der Waals surface area (Å²) in [7, 11) is 0. The Labute approximate surface area is 245 Å². The van der Waals surface area contributed by atoms with Crippen LogP contribution in [0.5, 0.6) is 0 Å². The minimum absolute atomic E-state index is 0.747. The summed E-state index contributed by atoms with van der Waals surface area (Å²) in [6.07, 6.45) is 37.9. The normalized spacial score (nSPS) is 28.9. The third-order valence-corrected chi connectivity index (χ3v) is 12.7. The highest BCUT2D eigenvalue weighted by Crippen LogP contribution is 2.57. The fourth-order valence-electron chi connectivity index (χ4n) is 9.17. The molecule has 0 heterocycles. The molecule has 6 aliphatic carbocycles. The van der Waals surface area contributed by atoms with Crippen LogP contribution in [0.4, 0.5) is 0 Å². The van der Waals surface area contributed by atoms with E-state index in [1.807, 2.05) is 0 Å². The maximum absolute atomic E-state index is 2.57. The molecule has 0 amide bonds. The molecule has 1 atom stereocenters.